The molecule has 1 aromatic carbocycles. The third-order valence-electron chi connectivity index (χ3n) is 3.49. The lowest BCUT2D eigenvalue weighted by molar-refractivity contribution is -0.146. The predicted octanol–water partition coefficient (Wildman–Crippen LogP) is 2.14. The number of carbonyl (C=O) groups excluding carboxylic acids is 3. The lowest BCUT2D eigenvalue weighted by Crippen LogP contribution is -2.51. The van der Waals surface area contributed by atoms with Gasteiger partial charge in [-0.05, 0) is 31.5 Å². The van der Waals surface area contributed by atoms with Gasteiger partial charge in [-0.1, -0.05) is 17.7 Å². The van der Waals surface area contributed by atoms with Gasteiger partial charge in [0.2, 0.25) is 11.8 Å². The van der Waals surface area contributed by atoms with E-state index in [-0.39, 0.29) is 24.8 Å². The van der Waals surface area contributed by atoms with Crippen molar-refractivity contribution in [1.29, 1.82) is 0 Å². The van der Waals surface area contributed by atoms with Gasteiger partial charge in [-0.2, -0.15) is 0 Å². The minimum Gasteiger partial charge on any atom is -0.464 e. The number of benzene rings is 1. The highest BCUT2D eigenvalue weighted by Gasteiger charge is 2.34. The molecule has 2 rings (SSSR count). The molecule has 0 saturated carbocycles. The Morgan fingerprint density at radius 1 is 1.46 bits per heavy atom. The summed E-state index contributed by atoms with van der Waals surface area (Å²) in [6, 6.07) is 4.56. The van der Waals surface area contributed by atoms with E-state index < -0.39 is 17.3 Å². The van der Waals surface area contributed by atoms with Crippen LogP contribution in [0.1, 0.15) is 18.9 Å². The average molecular weight is 371 g/mol. The number of esters is 1. The number of amides is 2. The molecule has 0 aromatic heterocycles. The van der Waals surface area contributed by atoms with Crippen LogP contribution in [-0.4, -0.2) is 41.4 Å². The minimum atomic E-state index is -0.656. The van der Waals surface area contributed by atoms with Crippen molar-refractivity contribution in [2.75, 3.05) is 17.7 Å². The maximum atomic E-state index is 12.2. The normalized spacial score (nSPS) is 20.2. The Balaban J connectivity index is 1.90. The number of thioether (sulfide) groups is 1. The molecule has 0 spiro atoms. The van der Waals surface area contributed by atoms with Gasteiger partial charge in [0.25, 0.3) is 0 Å². The summed E-state index contributed by atoms with van der Waals surface area (Å²) < 4.78 is 4.89. The van der Waals surface area contributed by atoms with E-state index in [1.165, 1.54) is 11.8 Å². The van der Waals surface area contributed by atoms with Gasteiger partial charge in [-0.15, -0.1) is 11.8 Å². The summed E-state index contributed by atoms with van der Waals surface area (Å²) in [5.41, 5.74) is 1.51. The van der Waals surface area contributed by atoms with Crippen molar-refractivity contribution < 1.29 is 19.1 Å². The summed E-state index contributed by atoms with van der Waals surface area (Å²) in [5.74, 6) is -0.667. The lowest BCUT2D eigenvalue weighted by Gasteiger charge is -2.27. The third-order valence-corrected chi connectivity index (χ3v) is 5.03. The number of anilines is 1. The Bertz CT molecular complexity index is 653. The first kappa shape index (κ1) is 18.6. The molecule has 1 aliphatic heterocycles. The molecule has 2 atom stereocenters. The minimum absolute atomic E-state index is 0.0258. The van der Waals surface area contributed by atoms with Gasteiger partial charge in [0.1, 0.15) is 6.04 Å². The predicted molar refractivity (Wildman–Crippen MR) is 94.2 cm³/mol. The van der Waals surface area contributed by atoms with Crippen LogP contribution >= 0.6 is 23.4 Å². The molecule has 2 amide bonds. The molecular formula is C16H19ClN2O4S. The molecule has 1 aromatic rings. The Kier molecular flexibility index (Phi) is 6.51. The van der Waals surface area contributed by atoms with Crippen molar-refractivity contribution >= 4 is 46.8 Å². The van der Waals surface area contributed by atoms with Crippen molar-refractivity contribution in [3.8, 4) is 0 Å². The van der Waals surface area contributed by atoms with Crippen molar-refractivity contribution in [3.63, 3.8) is 0 Å². The molecule has 0 bridgehead atoms. The van der Waals surface area contributed by atoms with Crippen LogP contribution in [0, 0.1) is 6.92 Å². The molecule has 0 unspecified atom stereocenters. The SMILES string of the molecule is CCOC(=O)[C@H]1CS[C@@H](CC(=O)Nc2cc(Cl)ccc2C)C(=O)N1. The van der Waals surface area contributed by atoms with E-state index in [9.17, 15) is 14.4 Å². The van der Waals surface area contributed by atoms with E-state index in [0.29, 0.717) is 16.5 Å². The number of ether oxygens (including phenoxy) is 1. The monoisotopic (exact) mass is 370 g/mol. The molecule has 1 saturated heterocycles. The highest BCUT2D eigenvalue weighted by atomic mass is 35.5. The number of aryl methyl sites for hydroxylation is 1. The van der Waals surface area contributed by atoms with Gasteiger partial charge in [0.15, 0.2) is 0 Å². The molecule has 0 radical (unpaired) electrons. The first-order valence-electron chi connectivity index (χ1n) is 7.55. The highest BCUT2D eigenvalue weighted by molar-refractivity contribution is 8.00. The molecule has 1 heterocycles. The third kappa shape index (κ3) is 4.88. The second-order valence-corrected chi connectivity index (χ2v) is 7.02. The maximum Gasteiger partial charge on any atom is 0.329 e. The summed E-state index contributed by atoms with van der Waals surface area (Å²) in [6.07, 6.45) is 0.0258. The zero-order valence-corrected chi connectivity index (χ0v) is 15.0. The lowest BCUT2D eigenvalue weighted by atomic mass is 10.2. The van der Waals surface area contributed by atoms with Crippen molar-refractivity contribution in [3.05, 3.63) is 28.8 Å². The van der Waals surface area contributed by atoms with Crippen molar-refractivity contribution in [2.24, 2.45) is 0 Å². The summed E-state index contributed by atoms with van der Waals surface area (Å²) in [6.45, 7) is 3.83. The Morgan fingerprint density at radius 2 is 2.21 bits per heavy atom. The average Bonchev–Trinajstić information content (AvgIpc) is 2.53. The van der Waals surface area contributed by atoms with Crippen LogP contribution in [0.3, 0.4) is 0 Å². The Morgan fingerprint density at radius 3 is 2.88 bits per heavy atom. The summed E-state index contributed by atoms with van der Waals surface area (Å²) in [5, 5.41) is 5.36. The zero-order valence-electron chi connectivity index (χ0n) is 13.4. The first-order chi connectivity index (χ1) is 11.4. The van der Waals surface area contributed by atoms with Gasteiger partial charge < -0.3 is 15.4 Å². The summed E-state index contributed by atoms with van der Waals surface area (Å²) in [4.78, 5) is 35.9. The van der Waals surface area contributed by atoms with Gasteiger partial charge in [0, 0.05) is 22.9 Å². The van der Waals surface area contributed by atoms with E-state index in [1.54, 1.807) is 19.1 Å². The number of hydrogen-bond donors (Lipinski definition) is 2. The van der Waals surface area contributed by atoms with Crippen LogP contribution in [0.4, 0.5) is 5.69 Å². The van der Waals surface area contributed by atoms with E-state index in [0.717, 1.165) is 5.56 Å². The summed E-state index contributed by atoms with van der Waals surface area (Å²) >= 11 is 7.20. The standard InChI is InChI=1S/C16H19ClN2O4S/c1-3-23-16(22)12-8-24-13(15(21)19-12)7-14(20)18-11-6-10(17)5-4-9(11)2/h4-6,12-13H,3,7-8H2,1-2H3,(H,18,20)(H,19,21)/t12-,13+/m1/s1. The Hall–Kier alpha value is -1.73. The highest BCUT2D eigenvalue weighted by Crippen LogP contribution is 2.24. The fourth-order valence-corrected chi connectivity index (χ4v) is 3.52. The van der Waals surface area contributed by atoms with E-state index in [2.05, 4.69) is 10.6 Å². The van der Waals surface area contributed by atoms with Gasteiger partial charge >= 0.3 is 5.97 Å². The van der Waals surface area contributed by atoms with E-state index >= 15 is 0 Å². The number of rotatable bonds is 5. The molecular weight excluding hydrogens is 352 g/mol. The second kappa shape index (κ2) is 8.39. The van der Waals surface area contributed by atoms with E-state index in [1.807, 2.05) is 13.0 Å². The van der Waals surface area contributed by atoms with Gasteiger partial charge in [0.05, 0.1) is 11.9 Å². The van der Waals surface area contributed by atoms with Crippen LogP contribution in [0.5, 0.6) is 0 Å². The van der Waals surface area contributed by atoms with Crippen LogP contribution in [0.2, 0.25) is 5.02 Å². The maximum absolute atomic E-state index is 12.2. The first-order valence-corrected chi connectivity index (χ1v) is 8.98. The van der Waals surface area contributed by atoms with Crippen molar-refractivity contribution in [2.45, 2.75) is 31.6 Å². The Labute approximate surface area is 149 Å². The molecule has 24 heavy (non-hydrogen) atoms. The van der Waals surface area contributed by atoms with Gasteiger partial charge in [-0.3, -0.25) is 9.59 Å². The van der Waals surface area contributed by atoms with E-state index in [4.69, 9.17) is 16.3 Å². The topological polar surface area (TPSA) is 84.5 Å². The molecule has 1 fully saturated rings. The van der Waals surface area contributed by atoms with Crippen LogP contribution < -0.4 is 10.6 Å². The molecule has 6 nitrogen and oxygen atoms in total. The number of hydrogen-bond acceptors (Lipinski definition) is 5. The number of halogens is 1. The molecule has 2 N–H and O–H groups in total. The van der Waals surface area contributed by atoms with Crippen LogP contribution in [0.15, 0.2) is 18.2 Å². The molecule has 130 valence electrons. The molecule has 1 aliphatic rings. The van der Waals surface area contributed by atoms with Crippen molar-refractivity contribution in [1.82, 2.24) is 5.32 Å². The summed E-state index contributed by atoms with van der Waals surface area (Å²) in [7, 11) is 0. The fourth-order valence-electron chi connectivity index (χ4n) is 2.21. The number of nitrogens with one attached hydrogen (secondary N) is 2. The van der Waals surface area contributed by atoms with Crippen LogP contribution in [0.25, 0.3) is 0 Å². The molecule has 0 aliphatic carbocycles. The molecule has 8 heteroatoms. The number of carbonyl (C=O) groups is 3. The zero-order chi connectivity index (χ0) is 17.7. The largest absolute Gasteiger partial charge is 0.464 e. The quantitative estimate of drug-likeness (QED) is 0.776. The smallest absolute Gasteiger partial charge is 0.329 e. The van der Waals surface area contributed by atoms with Crippen LogP contribution in [-0.2, 0) is 19.1 Å². The van der Waals surface area contributed by atoms with Gasteiger partial charge in [-0.25, -0.2) is 4.79 Å². The second-order valence-electron chi connectivity index (χ2n) is 5.35. The fraction of sp³-hybridized carbons (Fsp3) is 0.438.